The van der Waals surface area contributed by atoms with E-state index in [1.165, 1.54) is 0 Å². The predicted molar refractivity (Wildman–Crippen MR) is 84.3 cm³/mol. The van der Waals surface area contributed by atoms with E-state index in [1.807, 2.05) is 37.3 Å². The van der Waals surface area contributed by atoms with Gasteiger partial charge in [-0.25, -0.2) is 4.79 Å². The van der Waals surface area contributed by atoms with E-state index in [1.54, 1.807) is 24.3 Å². The molecule has 2 aromatic carbocycles. The van der Waals surface area contributed by atoms with Crippen molar-refractivity contribution in [3.63, 3.8) is 0 Å². The topological polar surface area (TPSA) is 59.7 Å². The van der Waals surface area contributed by atoms with Crippen LogP contribution in [0.5, 0.6) is 11.5 Å². The first-order valence-electron chi connectivity index (χ1n) is 7.17. The van der Waals surface area contributed by atoms with Crippen molar-refractivity contribution in [3.8, 4) is 11.5 Å². The molecular formula is C18H16O4. The predicted octanol–water partition coefficient (Wildman–Crippen LogP) is 4.03. The highest BCUT2D eigenvalue weighted by Crippen LogP contribution is 2.33. The van der Waals surface area contributed by atoms with Gasteiger partial charge in [0.25, 0.3) is 0 Å². The van der Waals surface area contributed by atoms with Crippen molar-refractivity contribution in [1.29, 1.82) is 0 Å². The molecule has 0 radical (unpaired) electrons. The minimum Gasteiger partial charge on any atom is -0.506 e. The van der Waals surface area contributed by atoms with Crippen molar-refractivity contribution in [1.82, 2.24) is 0 Å². The molecule has 1 aromatic heterocycles. The second-order valence-corrected chi connectivity index (χ2v) is 4.98. The lowest BCUT2D eigenvalue weighted by Gasteiger charge is -2.18. The van der Waals surface area contributed by atoms with E-state index < -0.39 is 11.7 Å². The zero-order valence-electron chi connectivity index (χ0n) is 12.2. The van der Waals surface area contributed by atoms with Crippen molar-refractivity contribution in [2.24, 2.45) is 0 Å². The summed E-state index contributed by atoms with van der Waals surface area (Å²) in [4.78, 5) is 12.2. The third-order valence-electron chi connectivity index (χ3n) is 3.53. The van der Waals surface area contributed by atoms with E-state index in [4.69, 9.17) is 9.15 Å². The third kappa shape index (κ3) is 2.55. The van der Waals surface area contributed by atoms with Gasteiger partial charge in [-0.3, -0.25) is 0 Å². The number of aromatic hydroxyl groups is 1. The second kappa shape index (κ2) is 5.93. The molecule has 22 heavy (non-hydrogen) atoms. The van der Waals surface area contributed by atoms with Gasteiger partial charge in [0.1, 0.15) is 28.7 Å². The first kappa shape index (κ1) is 14.2. The minimum atomic E-state index is -0.570. The summed E-state index contributed by atoms with van der Waals surface area (Å²) in [5, 5.41) is 11.0. The molecule has 0 aliphatic carbocycles. The Kier molecular flexibility index (Phi) is 3.83. The molecule has 0 bridgehead atoms. The van der Waals surface area contributed by atoms with Gasteiger partial charge in [0, 0.05) is 0 Å². The van der Waals surface area contributed by atoms with Crippen LogP contribution in [-0.2, 0) is 0 Å². The number of fused-ring (bicyclic) bond motifs is 1. The fourth-order valence-electron chi connectivity index (χ4n) is 2.44. The lowest BCUT2D eigenvalue weighted by atomic mass is 10.1. The van der Waals surface area contributed by atoms with E-state index in [-0.39, 0.29) is 11.3 Å². The quantitative estimate of drug-likeness (QED) is 0.738. The number of ether oxygens (including phenoxy) is 1. The maximum Gasteiger partial charge on any atom is 0.347 e. The first-order valence-corrected chi connectivity index (χ1v) is 7.17. The molecule has 0 aliphatic rings. The van der Waals surface area contributed by atoms with Gasteiger partial charge >= 0.3 is 5.63 Å². The van der Waals surface area contributed by atoms with Crippen molar-refractivity contribution in [2.75, 3.05) is 0 Å². The highest BCUT2D eigenvalue weighted by molar-refractivity contribution is 5.84. The molecule has 4 nitrogen and oxygen atoms in total. The Morgan fingerprint density at radius 3 is 2.50 bits per heavy atom. The fraction of sp³-hybridized carbons (Fsp3) is 0.167. The molecule has 1 atom stereocenters. The average Bonchev–Trinajstić information content (AvgIpc) is 2.55. The smallest absolute Gasteiger partial charge is 0.347 e. The Hall–Kier alpha value is -2.75. The van der Waals surface area contributed by atoms with Crippen LogP contribution in [0.3, 0.4) is 0 Å². The van der Waals surface area contributed by atoms with Crippen LogP contribution < -0.4 is 10.4 Å². The number of rotatable bonds is 4. The monoisotopic (exact) mass is 296 g/mol. The largest absolute Gasteiger partial charge is 0.506 e. The summed E-state index contributed by atoms with van der Waals surface area (Å²) in [6.45, 7) is 1.89. The zero-order chi connectivity index (χ0) is 15.5. The van der Waals surface area contributed by atoms with E-state index >= 15 is 0 Å². The van der Waals surface area contributed by atoms with Gasteiger partial charge in [-0.1, -0.05) is 37.3 Å². The summed E-state index contributed by atoms with van der Waals surface area (Å²) in [7, 11) is 0. The Labute approximate surface area is 127 Å². The van der Waals surface area contributed by atoms with Gasteiger partial charge in [-0.05, 0) is 30.7 Å². The molecule has 0 spiro atoms. The van der Waals surface area contributed by atoms with Crippen LogP contribution in [0, 0.1) is 0 Å². The summed E-state index contributed by atoms with van der Waals surface area (Å²) in [6.07, 6.45) is -0.0331. The van der Waals surface area contributed by atoms with Gasteiger partial charge in [0.15, 0.2) is 0 Å². The van der Waals surface area contributed by atoms with E-state index in [2.05, 4.69) is 0 Å². The molecule has 112 valence electrons. The third-order valence-corrected chi connectivity index (χ3v) is 3.53. The summed E-state index contributed by atoms with van der Waals surface area (Å²) < 4.78 is 11.1. The van der Waals surface area contributed by atoms with Crippen LogP contribution in [0.1, 0.15) is 25.0 Å². The molecule has 1 heterocycles. The van der Waals surface area contributed by atoms with Gasteiger partial charge in [0.05, 0.1) is 5.39 Å². The Balaban J connectivity index is 2.09. The summed E-state index contributed by atoms with van der Waals surface area (Å²) in [5.41, 5.74) is -0.0488. The molecular weight excluding hydrogens is 280 g/mol. The molecule has 0 amide bonds. The van der Waals surface area contributed by atoms with Crippen LogP contribution in [0.25, 0.3) is 11.0 Å². The molecule has 3 rings (SSSR count). The SMILES string of the molecule is CCC(Oc1ccccc1)c1c(O)c2ccccc2oc1=O. The van der Waals surface area contributed by atoms with Crippen molar-refractivity contribution >= 4 is 11.0 Å². The average molecular weight is 296 g/mol. The molecule has 0 aliphatic heterocycles. The minimum absolute atomic E-state index is 0.0744. The molecule has 1 N–H and O–H groups in total. The summed E-state index contributed by atoms with van der Waals surface area (Å²) in [6, 6.07) is 16.1. The highest BCUT2D eigenvalue weighted by Gasteiger charge is 2.23. The lowest BCUT2D eigenvalue weighted by Crippen LogP contribution is -2.17. The standard InChI is InChI=1S/C18H16O4/c1-2-14(21-12-8-4-3-5-9-12)16-17(19)13-10-6-7-11-15(13)22-18(16)20/h3-11,14,19H,2H2,1H3. The number of para-hydroxylation sites is 2. The second-order valence-electron chi connectivity index (χ2n) is 4.98. The zero-order valence-corrected chi connectivity index (χ0v) is 12.2. The Morgan fingerprint density at radius 2 is 1.77 bits per heavy atom. The van der Waals surface area contributed by atoms with Crippen molar-refractivity contribution in [2.45, 2.75) is 19.4 Å². The van der Waals surface area contributed by atoms with Crippen LogP contribution >= 0.6 is 0 Å². The van der Waals surface area contributed by atoms with Gasteiger partial charge in [-0.2, -0.15) is 0 Å². The summed E-state index contributed by atoms with van der Waals surface area (Å²) >= 11 is 0. The van der Waals surface area contributed by atoms with Crippen LogP contribution in [0.2, 0.25) is 0 Å². The van der Waals surface area contributed by atoms with E-state index in [9.17, 15) is 9.90 Å². The molecule has 4 heteroatoms. The Morgan fingerprint density at radius 1 is 1.09 bits per heavy atom. The van der Waals surface area contributed by atoms with E-state index in [0.29, 0.717) is 23.1 Å². The first-order chi connectivity index (χ1) is 10.7. The van der Waals surface area contributed by atoms with Crippen molar-refractivity contribution in [3.05, 3.63) is 70.6 Å². The number of hydrogen-bond acceptors (Lipinski definition) is 4. The van der Waals surface area contributed by atoms with Crippen LogP contribution in [-0.4, -0.2) is 5.11 Å². The highest BCUT2D eigenvalue weighted by atomic mass is 16.5. The fourth-order valence-corrected chi connectivity index (χ4v) is 2.44. The normalized spacial score (nSPS) is 12.2. The Bertz CT molecular complexity index is 837. The van der Waals surface area contributed by atoms with Gasteiger partial charge < -0.3 is 14.3 Å². The van der Waals surface area contributed by atoms with Gasteiger partial charge in [0.2, 0.25) is 0 Å². The maximum absolute atomic E-state index is 12.2. The maximum atomic E-state index is 12.2. The molecule has 1 unspecified atom stereocenters. The number of benzene rings is 2. The van der Waals surface area contributed by atoms with Crippen molar-refractivity contribution < 1.29 is 14.3 Å². The molecule has 0 saturated carbocycles. The number of hydrogen-bond donors (Lipinski definition) is 1. The summed E-state index contributed by atoms with van der Waals surface area (Å²) in [5.74, 6) is 0.566. The molecule has 0 fully saturated rings. The van der Waals surface area contributed by atoms with Gasteiger partial charge in [-0.15, -0.1) is 0 Å². The molecule has 3 aromatic rings. The van der Waals surface area contributed by atoms with E-state index in [0.717, 1.165) is 0 Å². The van der Waals surface area contributed by atoms with Crippen LogP contribution in [0.4, 0.5) is 0 Å². The molecule has 0 saturated heterocycles. The van der Waals surface area contributed by atoms with Crippen LogP contribution in [0.15, 0.2) is 63.8 Å². The lowest BCUT2D eigenvalue weighted by molar-refractivity contribution is 0.192.